The summed E-state index contributed by atoms with van der Waals surface area (Å²) >= 11 is 0. The van der Waals surface area contributed by atoms with Crippen molar-refractivity contribution < 1.29 is 9.90 Å². The topological polar surface area (TPSA) is 89.1 Å². The van der Waals surface area contributed by atoms with E-state index in [-0.39, 0.29) is 18.1 Å². The van der Waals surface area contributed by atoms with Crippen LogP contribution in [0.25, 0.3) is 0 Å². The van der Waals surface area contributed by atoms with Gasteiger partial charge in [0.25, 0.3) is 0 Å². The minimum Gasteiger partial charge on any atom is -0.480 e. The number of rotatable bonds is 2. The van der Waals surface area contributed by atoms with Gasteiger partial charge in [-0.1, -0.05) is 0 Å². The molecule has 0 saturated carbocycles. The van der Waals surface area contributed by atoms with Crippen LogP contribution in [0, 0.1) is 0 Å². The zero-order valence-corrected chi connectivity index (χ0v) is 6.86. The maximum Gasteiger partial charge on any atom is 0.326 e. The monoisotopic (exact) mass is 189 g/mol. The lowest BCUT2D eigenvalue weighted by molar-refractivity contribution is -0.138. The second-order valence-corrected chi connectivity index (χ2v) is 1.95. The molecule has 0 radical (unpaired) electrons. The fourth-order valence-corrected chi connectivity index (χ4v) is 0.598. The molecule has 5 nitrogen and oxygen atoms in total. The van der Waals surface area contributed by atoms with E-state index in [0.717, 1.165) is 0 Å². The van der Waals surface area contributed by atoms with Crippen molar-refractivity contribution in [1.82, 2.24) is 9.97 Å². The normalized spacial score (nSPS) is 11.4. The first-order valence-electron chi connectivity index (χ1n) is 2.96. The molecule has 0 aromatic carbocycles. The molecule has 3 N–H and O–H groups in total. The van der Waals surface area contributed by atoms with Gasteiger partial charge in [0.05, 0.1) is 11.9 Å². The van der Waals surface area contributed by atoms with Crippen molar-refractivity contribution in [3.8, 4) is 0 Å². The summed E-state index contributed by atoms with van der Waals surface area (Å²) in [5.74, 6) is -1.11. The van der Waals surface area contributed by atoms with Gasteiger partial charge in [0.1, 0.15) is 6.04 Å². The lowest BCUT2D eigenvalue weighted by atomic mass is 10.2. The van der Waals surface area contributed by atoms with E-state index in [1.54, 1.807) is 0 Å². The molecular weight excluding hydrogens is 182 g/mol. The summed E-state index contributed by atoms with van der Waals surface area (Å²) in [6, 6.07) is -1.08. The van der Waals surface area contributed by atoms with Crippen molar-refractivity contribution in [2.45, 2.75) is 6.04 Å². The molecule has 0 aliphatic rings. The van der Waals surface area contributed by atoms with Crippen LogP contribution in [0.5, 0.6) is 0 Å². The second-order valence-electron chi connectivity index (χ2n) is 1.95. The van der Waals surface area contributed by atoms with Crippen molar-refractivity contribution in [1.29, 1.82) is 0 Å². The number of carboxylic acids is 1. The summed E-state index contributed by atoms with van der Waals surface area (Å²) in [5, 5.41) is 8.44. The quantitative estimate of drug-likeness (QED) is 0.683. The van der Waals surface area contributed by atoms with Crippen LogP contribution < -0.4 is 5.73 Å². The minimum atomic E-state index is -1.11. The first-order chi connectivity index (χ1) is 5.22. The van der Waals surface area contributed by atoms with E-state index >= 15 is 0 Å². The minimum absolute atomic E-state index is 0. The number of hydrogen-bond acceptors (Lipinski definition) is 4. The Morgan fingerprint density at radius 1 is 1.58 bits per heavy atom. The van der Waals surface area contributed by atoms with Gasteiger partial charge in [-0.15, -0.1) is 12.4 Å². The average molecular weight is 190 g/mol. The molecule has 0 fully saturated rings. The molecule has 6 heteroatoms. The van der Waals surface area contributed by atoms with Crippen LogP contribution >= 0.6 is 12.4 Å². The van der Waals surface area contributed by atoms with Gasteiger partial charge in [-0.25, -0.2) is 0 Å². The molecule has 0 aliphatic heterocycles. The molecular formula is C6H8ClN3O2. The highest BCUT2D eigenvalue weighted by molar-refractivity contribution is 5.85. The van der Waals surface area contributed by atoms with E-state index in [4.69, 9.17) is 10.8 Å². The third-order valence-electron chi connectivity index (χ3n) is 1.17. The van der Waals surface area contributed by atoms with Gasteiger partial charge in [0.2, 0.25) is 0 Å². The molecule has 0 saturated heterocycles. The predicted molar refractivity (Wildman–Crippen MR) is 43.8 cm³/mol. The van der Waals surface area contributed by atoms with E-state index < -0.39 is 12.0 Å². The molecule has 1 aromatic rings. The maximum absolute atomic E-state index is 10.3. The average Bonchev–Trinajstić information content (AvgIpc) is 2.05. The molecule has 66 valence electrons. The van der Waals surface area contributed by atoms with E-state index in [1.165, 1.54) is 18.6 Å². The standard InChI is InChI=1S/C6H7N3O2.ClH/c7-5(6(10)11)4-3-8-1-2-9-4;/h1-3,5H,7H2,(H,10,11);1H. The molecule has 1 unspecified atom stereocenters. The van der Waals surface area contributed by atoms with E-state index in [1.807, 2.05) is 0 Å². The van der Waals surface area contributed by atoms with E-state index in [0.29, 0.717) is 0 Å². The molecule has 1 aromatic heterocycles. The zero-order valence-electron chi connectivity index (χ0n) is 6.04. The number of nitrogens with zero attached hydrogens (tertiary/aromatic N) is 2. The molecule has 0 amide bonds. The van der Waals surface area contributed by atoms with Crippen LogP contribution in [0.3, 0.4) is 0 Å². The molecule has 1 rings (SSSR count). The smallest absolute Gasteiger partial charge is 0.326 e. The summed E-state index contributed by atoms with van der Waals surface area (Å²) in [5.41, 5.74) is 5.50. The first-order valence-corrected chi connectivity index (χ1v) is 2.96. The lowest BCUT2D eigenvalue weighted by Gasteiger charge is -2.02. The highest BCUT2D eigenvalue weighted by Gasteiger charge is 2.14. The Hall–Kier alpha value is -1.20. The summed E-state index contributed by atoms with van der Waals surface area (Å²) in [4.78, 5) is 17.7. The predicted octanol–water partition coefficient (Wildman–Crippen LogP) is -0.0172. The Balaban J connectivity index is 0.00000121. The largest absolute Gasteiger partial charge is 0.480 e. The third kappa shape index (κ3) is 2.44. The molecule has 0 spiro atoms. The highest BCUT2D eigenvalue weighted by Crippen LogP contribution is 2.02. The van der Waals surface area contributed by atoms with Gasteiger partial charge in [0, 0.05) is 12.4 Å². The number of aromatic nitrogens is 2. The van der Waals surface area contributed by atoms with Crippen molar-refractivity contribution in [3.05, 3.63) is 24.3 Å². The number of halogens is 1. The van der Waals surface area contributed by atoms with Crippen LogP contribution in [0.2, 0.25) is 0 Å². The third-order valence-corrected chi connectivity index (χ3v) is 1.17. The lowest BCUT2D eigenvalue weighted by Crippen LogP contribution is -2.21. The second kappa shape index (κ2) is 4.63. The Labute approximate surface area is 75.0 Å². The summed E-state index contributed by atoms with van der Waals surface area (Å²) < 4.78 is 0. The van der Waals surface area contributed by atoms with Gasteiger partial charge in [-0.3, -0.25) is 14.8 Å². The van der Waals surface area contributed by atoms with Crippen molar-refractivity contribution in [2.24, 2.45) is 5.73 Å². The number of aliphatic carboxylic acids is 1. The number of hydrogen-bond donors (Lipinski definition) is 2. The van der Waals surface area contributed by atoms with Crippen LogP contribution in [-0.2, 0) is 4.79 Å². The summed E-state index contributed by atoms with van der Waals surface area (Å²) in [6.45, 7) is 0. The van der Waals surface area contributed by atoms with Gasteiger partial charge in [0.15, 0.2) is 0 Å². The molecule has 12 heavy (non-hydrogen) atoms. The number of carboxylic acid groups (broad SMARTS) is 1. The highest BCUT2D eigenvalue weighted by atomic mass is 35.5. The molecule has 1 heterocycles. The Kier molecular flexibility index (Phi) is 4.17. The van der Waals surface area contributed by atoms with Crippen LogP contribution in [0.4, 0.5) is 0 Å². The van der Waals surface area contributed by atoms with Gasteiger partial charge < -0.3 is 10.8 Å². The Morgan fingerprint density at radius 3 is 2.67 bits per heavy atom. The fourth-order valence-electron chi connectivity index (χ4n) is 0.598. The number of nitrogens with two attached hydrogens (primary N) is 1. The first kappa shape index (κ1) is 10.8. The van der Waals surface area contributed by atoms with Gasteiger partial charge in [-0.2, -0.15) is 0 Å². The molecule has 1 atom stereocenters. The molecule has 0 bridgehead atoms. The number of carbonyl (C=O) groups is 1. The Bertz CT molecular complexity index is 254. The zero-order chi connectivity index (χ0) is 8.27. The van der Waals surface area contributed by atoms with E-state index in [2.05, 4.69) is 9.97 Å². The van der Waals surface area contributed by atoms with E-state index in [9.17, 15) is 4.79 Å². The summed E-state index contributed by atoms with van der Waals surface area (Å²) in [7, 11) is 0. The van der Waals surface area contributed by atoms with Crippen LogP contribution in [-0.4, -0.2) is 21.0 Å². The summed E-state index contributed by atoms with van der Waals surface area (Å²) in [6.07, 6.45) is 4.19. The van der Waals surface area contributed by atoms with Gasteiger partial charge >= 0.3 is 5.97 Å². The maximum atomic E-state index is 10.3. The van der Waals surface area contributed by atoms with Crippen molar-refractivity contribution in [3.63, 3.8) is 0 Å². The Morgan fingerprint density at radius 2 is 2.25 bits per heavy atom. The van der Waals surface area contributed by atoms with Crippen LogP contribution in [0.15, 0.2) is 18.6 Å². The van der Waals surface area contributed by atoms with Crippen molar-refractivity contribution in [2.75, 3.05) is 0 Å². The van der Waals surface area contributed by atoms with Crippen LogP contribution in [0.1, 0.15) is 11.7 Å². The fraction of sp³-hybridized carbons (Fsp3) is 0.167. The van der Waals surface area contributed by atoms with Crippen molar-refractivity contribution >= 4 is 18.4 Å². The molecule has 0 aliphatic carbocycles. The van der Waals surface area contributed by atoms with Gasteiger partial charge in [-0.05, 0) is 0 Å². The SMILES string of the molecule is Cl.NC(C(=O)O)c1cnccn1.